The minimum Gasteiger partial charge on any atom is -0.378 e. The van der Waals surface area contributed by atoms with Gasteiger partial charge in [0.1, 0.15) is 23.7 Å². The average Bonchev–Trinajstić information content (AvgIpc) is 3.53. The van der Waals surface area contributed by atoms with Gasteiger partial charge in [-0.3, -0.25) is 9.79 Å². The highest BCUT2D eigenvalue weighted by molar-refractivity contribution is 8.15. The third-order valence-corrected chi connectivity index (χ3v) is 7.66. The van der Waals surface area contributed by atoms with E-state index in [9.17, 15) is 9.18 Å². The Morgan fingerprint density at radius 1 is 1.30 bits per heavy atom. The van der Waals surface area contributed by atoms with Gasteiger partial charge in [-0.2, -0.15) is 5.26 Å². The number of fused-ring (bicyclic) bond motifs is 2. The van der Waals surface area contributed by atoms with E-state index in [0.29, 0.717) is 23.0 Å². The van der Waals surface area contributed by atoms with Gasteiger partial charge in [-0.25, -0.2) is 23.7 Å². The van der Waals surface area contributed by atoms with Crippen molar-refractivity contribution in [2.24, 2.45) is 16.6 Å². The van der Waals surface area contributed by atoms with Crippen LogP contribution in [0.2, 0.25) is 0 Å². The van der Waals surface area contributed by atoms with E-state index in [-0.39, 0.29) is 33.9 Å². The first-order chi connectivity index (χ1) is 15.7. The molecule has 1 saturated carbocycles. The van der Waals surface area contributed by atoms with Gasteiger partial charge in [0.05, 0.1) is 21.4 Å². The van der Waals surface area contributed by atoms with E-state index in [0.717, 1.165) is 6.07 Å². The fourth-order valence-electron chi connectivity index (χ4n) is 4.50. The van der Waals surface area contributed by atoms with Crippen molar-refractivity contribution in [2.75, 3.05) is 5.32 Å². The molecule has 3 atom stereocenters. The number of rotatable bonds is 4. The van der Waals surface area contributed by atoms with Crippen molar-refractivity contribution in [3.05, 3.63) is 53.5 Å². The number of aromatic nitrogens is 3. The Labute approximate surface area is 191 Å². The third-order valence-electron chi connectivity index (χ3n) is 6.25. The van der Waals surface area contributed by atoms with E-state index in [1.165, 1.54) is 37.3 Å². The van der Waals surface area contributed by atoms with Crippen LogP contribution in [0.1, 0.15) is 31.4 Å². The van der Waals surface area contributed by atoms with Crippen LogP contribution in [-0.2, 0) is 10.3 Å². The largest absolute Gasteiger partial charge is 0.378 e. The number of nitrogens with one attached hydrogen (secondary N) is 1. The molecule has 3 N–H and O–H groups in total. The zero-order chi connectivity index (χ0) is 23.5. The molecular formula is C22H17F2N7OS. The zero-order valence-corrected chi connectivity index (χ0v) is 18.4. The Kier molecular flexibility index (Phi) is 4.61. The predicted molar refractivity (Wildman–Crippen MR) is 120 cm³/mol. The van der Waals surface area contributed by atoms with Gasteiger partial charge in [0.15, 0.2) is 22.6 Å². The summed E-state index contributed by atoms with van der Waals surface area (Å²) in [6, 6.07) is 6.00. The molecule has 1 fully saturated rings. The molecule has 0 bridgehead atoms. The van der Waals surface area contributed by atoms with Gasteiger partial charge in [-0.15, -0.1) is 0 Å². The van der Waals surface area contributed by atoms with Crippen LogP contribution < -0.4 is 11.1 Å². The fourth-order valence-corrected chi connectivity index (χ4v) is 5.87. The monoisotopic (exact) mass is 465 g/mol. The highest BCUT2D eigenvalue weighted by Crippen LogP contribution is 2.66. The molecule has 0 radical (unpaired) electrons. The average molecular weight is 465 g/mol. The molecule has 0 spiro atoms. The van der Waals surface area contributed by atoms with Crippen molar-refractivity contribution in [3.63, 3.8) is 0 Å². The summed E-state index contributed by atoms with van der Waals surface area (Å²) >= 11 is 1.19. The van der Waals surface area contributed by atoms with Gasteiger partial charge in [0.25, 0.3) is 0 Å². The molecule has 2 aliphatic rings. The molecule has 33 heavy (non-hydrogen) atoms. The maximum absolute atomic E-state index is 15.1. The van der Waals surface area contributed by atoms with Crippen LogP contribution >= 0.6 is 11.8 Å². The lowest BCUT2D eigenvalue weighted by Crippen LogP contribution is -2.38. The number of carbonyl (C=O) groups is 1. The number of hydrogen-bond acceptors (Lipinski definition) is 9. The second-order valence-electron chi connectivity index (χ2n) is 8.27. The number of amidine groups is 1. The van der Waals surface area contributed by atoms with Crippen LogP contribution in [0.15, 0.2) is 35.7 Å². The number of nitrogens with two attached hydrogens (primary N) is 1. The number of halogens is 2. The van der Waals surface area contributed by atoms with Crippen molar-refractivity contribution in [1.82, 2.24) is 15.0 Å². The lowest BCUT2D eigenvalue weighted by Gasteiger charge is -2.33. The molecule has 8 nitrogen and oxygen atoms in total. The van der Waals surface area contributed by atoms with E-state index < -0.39 is 21.9 Å². The molecule has 1 aliphatic carbocycles. The van der Waals surface area contributed by atoms with Crippen molar-refractivity contribution < 1.29 is 13.6 Å². The first-order valence-corrected chi connectivity index (χ1v) is 10.8. The quantitative estimate of drug-likeness (QED) is 0.598. The summed E-state index contributed by atoms with van der Waals surface area (Å²) in [7, 11) is 0. The number of thioether (sulfide) groups is 1. The summed E-state index contributed by atoms with van der Waals surface area (Å²) in [6.45, 7) is 3.15. The smallest absolute Gasteiger partial charge is 0.164 e. The Morgan fingerprint density at radius 3 is 2.82 bits per heavy atom. The minimum atomic E-state index is -1.21. The summed E-state index contributed by atoms with van der Waals surface area (Å²) in [5.74, 6) is -2.23. The van der Waals surface area contributed by atoms with Crippen LogP contribution in [0, 0.1) is 28.9 Å². The number of carbonyl (C=O) groups excluding carboxylic acids is 1. The topological polar surface area (TPSA) is 130 Å². The predicted octanol–water partition coefficient (Wildman–Crippen LogP) is 3.54. The maximum Gasteiger partial charge on any atom is 0.164 e. The highest BCUT2D eigenvalue weighted by Gasteiger charge is 2.69. The number of nitriles is 1. The Bertz CT molecular complexity index is 1420. The van der Waals surface area contributed by atoms with E-state index in [4.69, 9.17) is 11.0 Å². The van der Waals surface area contributed by atoms with Crippen molar-refractivity contribution in [2.45, 2.75) is 30.6 Å². The summed E-state index contributed by atoms with van der Waals surface area (Å²) in [6.07, 6.45) is 3.14. The molecule has 3 heterocycles. The summed E-state index contributed by atoms with van der Waals surface area (Å²) in [5.41, 5.74) is 6.13. The molecule has 3 aromatic rings. The molecule has 1 aromatic carbocycles. The molecule has 2 aromatic heterocycles. The van der Waals surface area contributed by atoms with Gasteiger partial charge >= 0.3 is 0 Å². The molecule has 1 aliphatic heterocycles. The number of ketones is 1. The van der Waals surface area contributed by atoms with E-state index in [1.807, 2.05) is 6.07 Å². The van der Waals surface area contributed by atoms with E-state index in [1.54, 1.807) is 13.0 Å². The lowest BCUT2D eigenvalue weighted by atomic mass is 9.85. The van der Waals surface area contributed by atoms with Gasteiger partial charge < -0.3 is 11.1 Å². The number of anilines is 2. The Hall–Kier alpha value is -3.65. The van der Waals surface area contributed by atoms with Gasteiger partial charge in [0, 0.05) is 29.4 Å². The number of pyridine rings is 1. The third kappa shape index (κ3) is 3.21. The van der Waals surface area contributed by atoms with E-state index >= 15 is 4.39 Å². The van der Waals surface area contributed by atoms with Crippen LogP contribution in [0.5, 0.6) is 0 Å². The second-order valence-corrected chi connectivity index (χ2v) is 9.62. The first kappa shape index (κ1) is 21.2. The number of nitrogens with zero attached hydrogens (tertiary/aromatic N) is 5. The molecule has 166 valence electrons. The molecule has 5 rings (SSSR count). The Balaban J connectivity index is 1.59. The SMILES string of the molecule is CC(=O)[C@]12C[C@H]1[C@@](C)(c1cc(Nc3ncnc4cc(C#N)cnc34)cc(F)c1F)N=C(N)S2. The Morgan fingerprint density at radius 2 is 2.09 bits per heavy atom. The highest BCUT2D eigenvalue weighted by atomic mass is 32.2. The van der Waals surface area contributed by atoms with Crippen LogP contribution in [0.3, 0.4) is 0 Å². The molecule has 11 heteroatoms. The number of hydrogen-bond donors (Lipinski definition) is 2. The van der Waals surface area contributed by atoms with Crippen molar-refractivity contribution in [1.29, 1.82) is 5.26 Å². The molecule has 0 unspecified atom stereocenters. The number of benzene rings is 1. The molecule has 0 saturated heterocycles. The normalized spacial score (nSPS) is 25.7. The molecule has 0 amide bonds. The summed E-state index contributed by atoms with van der Waals surface area (Å²) in [5, 5.41) is 12.2. The standard InChI is InChI=1S/C22H17F2N7OS/c1-10(32)22-6-16(22)21(2,31-20(26)33-22)13-4-12(5-14(23)17(13)24)30-19-18-15(28-9-29-19)3-11(7-25)8-27-18/h3-5,8-9,16H,6H2,1-2H3,(H2,26,31)(H,28,29,30)/t16-,21+,22+/m0/s1. The van der Waals surface area contributed by atoms with Crippen molar-refractivity contribution in [3.8, 4) is 6.07 Å². The summed E-state index contributed by atoms with van der Waals surface area (Å²) < 4.78 is 29.0. The van der Waals surface area contributed by atoms with Gasteiger partial charge in [-0.05, 0) is 32.4 Å². The zero-order valence-electron chi connectivity index (χ0n) is 17.6. The lowest BCUT2D eigenvalue weighted by molar-refractivity contribution is -0.117. The van der Waals surface area contributed by atoms with Crippen LogP contribution in [0.4, 0.5) is 20.3 Å². The van der Waals surface area contributed by atoms with E-state index in [2.05, 4.69) is 25.3 Å². The van der Waals surface area contributed by atoms with Gasteiger partial charge in [-0.1, -0.05) is 11.8 Å². The van der Waals surface area contributed by atoms with Crippen molar-refractivity contribution >= 4 is 45.3 Å². The number of aliphatic imine (C=N–C) groups is 1. The fraction of sp³-hybridized carbons (Fsp3) is 0.273. The number of Topliss-reactive ketones (excluding diaryl/α,β-unsaturated/α-hetero) is 1. The molecular weight excluding hydrogens is 448 g/mol. The minimum absolute atomic E-state index is 0.000498. The first-order valence-electron chi connectivity index (χ1n) is 10.0. The summed E-state index contributed by atoms with van der Waals surface area (Å²) in [4.78, 5) is 29.2. The second kappa shape index (κ2) is 7.18. The van der Waals surface area contributed by atoms with Gasteiger partial charge in [0.2, 0.25) is 0 Å². The maximum atomic E-state index is 15.1. The van der Waals surface area contributed by atoms with Crippen LogP contribution in [-0.4, -0.2) is 30.6 Å². The van der Waals surface area contributed by atoms with Crippen LogP contribution in [0.25, 0.3) is 11.0 Å².